The lowest BCUT2D eigenvalue weighted by atomic mass is 10.2. The maximum atomic E-state index is 12.0. The summed E-state index contributed by atoms with van der Waals surface area (Å²) in [6.07, 6.45) is 2.27. The SMILES string of the molecule is CC(C)OC(=O)c1ccc(NS(=O)(=O)c2cn[nH]c2)cc1. The zero-order chi connectivity index (χ0) is 15.5. The van der Waals surface area contributed by atoms with Crippen LogP contribution in [0.15, 0.2) is 41.6 Å². The average molecular weight is 309 g/mol. The highest BCUT2D eigenvalue weighted by molar-refractivity contribution is 7.92. The maximum Gasteiger partial charge on any atom is 0.338 e. The Kier molecular flexibility index (Phi) is 4.27. The predicted octanol–water partition coefficient (Wildman–Crippen LogP) is 1.78. The van der Waals surface area contributed by atoms with Crippen molar-refractivity contribution in [2.45, 2.75) is 24.8 Å². The van der Waals surface area contributed by atoms with Crippen molar-refractivity contribution in [3.63, 3.8) is 0 Å². The number of aromatic amines is 1. The highest BCUT2D eigenvalue weighted by atomic mass is 32.2. The second-order valence-corrected chi connectivity index (χ2v) is 6.25. The van der Waals surface area contributed by atoms with Gasteiger partial charge in [-0.3, -0.25) is 9.82 Å². The molecule has 0 aliphatic carbocycles. The highest BCUT2D eigenvalue weighted by Crippen LogP contribution is 2.16. The molecule has 112 valence electrons. The first-order valence-corrected chi connectivity index (χ1v) is 7.69. The number of ether oxygens (including phenoxy) is 1. The van der Waals surface area contributed by atoms with Gasteiger partial charge in [0.05, 0.1) is 17.9 Å². The first-order chi connectivity index (χ1) is 9.88. The first-order valence-electron chi connectivity index (χ1n) is 6.21. The molecule has 0 unspecified atom stereocenters. The first kappa shape index (κ1) is 15.0. The van der Waals surface area contributed by atoms with Gasteiger partial charge in [-0.25, -0.2) is 13.2 Å². The van der Waals surface area contributed by atoms with E-state index in [-0.39, 0.29) is 11.0 Å². The van der Waals surface area contributed by atoms with Crippen molar-refractivity contribution in [2.24, 2.45) is 0 Å². The zero-order valence-corrected chi connectivity index (χ0v) is 12.3. The minimum absolute atomic E-state index is 0.0331. The maximum absolute atomic E-state index is 12.0. The lowest BCUT2D eigenvalue weighted by Gasteiger charge is -2.09. The molecule has 0 aliphatic rings. The number of rotatable bonds is 5. The van der Waals surface area contributed by atoms with Gasteiger partial charge in [0.2, 0.25) is 0 Å². The zero-order valence-electron chi connectivity index (χ0n) is 11.5. The number of benzene rings is 1. The van der Waals surface area contributed by atoms with Gasteiger partial charge in [0.25, 0.3) is 10.0 Å². The fraction of sp³-hybridized carbons (Fsp3) is 0.231. The summed E-state index contributed by atoms with van der Waals surface area (Å²) in [5, 5.41) is 6.02. The molecule has 1 heterocycles. The van der Waals surface area contributed by atoms with E-state index in [1.165, 1.54) is 36.7 Å². The van der Waals surface area contributed by atoms with E-state index < -0.39 is 16.0 Å². The lowest BCUT2D eigenvalue weighted by molar-refractivity contribution is 0.0378. The molecule has 1 aromatic carbocycles. The van der Waals surface area contributed by atoms with E-state index in [1.807, 2.05) is 0 Å². The summed E-state index contributed by atoms with van der Waals surface area (Å²) in [6.45, 7) is 3.51. The second kappa shape index (κ2) is 5.96. The number of hydrogen-bond donors (Lipinski definition) is 2. The van der Waals surface area contributed by atoms with Crippen LogP contribution in [0.1, 0.15) is 24.2 Å². The van der Waals surface area contributed by atoms with Crippen molar-refractivity contribution in [1.29, 1.82) is 0 Å². The molecule has 0 atom stereocenters. The number of nitrogens with zero attached hydrogens (tertiary/aromatic N) is 1. The van der Waals surface area contributed by atoms with Crippen LogP contribution >= 0.6 is 0 Å². The number of carbonyl (C=O) groups is 1. The summed E-state index contributed by atoms with van der Waals surface area (Å²) in [5.74, 6) is -0.450. The van der Waals surface area contributed by atoms with Crippen LogP contribution in [-0.2, 0) is 14.8 Å². The number of aromatic nitrogens is 2. The summed E-state index contributed by atoms with van der Waals surface area (Å²) in [6, 6.07) is 5.99. The second-order valence-electron chi connectivity index (χ2n) is 4.57. The van der Waals surface area contributed by atoms with Gasteiger partial charge in [-0.2, -0.15) is 5.10 Å². The fourth-order valence-electron chi connectivity index (χ4n) is 1.56. The molecule has 0 saturated carbocycles. The molecule has 1 aromatic heterocycles. The smallest absolute Gasteiger partial charge is 0.338 e. The monoisotopic (exact) mass is 309 g/mol. The molecular weight excluding hydrogens is 294 g/mol. The molecule has 21 heavy (non-hydrogen) atoms. The van der Waals surface area contributed by atoms with E-state index in [0.717, 1.165) is 0 Å². The molecule has 2 aromatic rings. The van der Waals surface area contributed by atoms with Gasteiger partial charge in [-0.05, 0) is 38.1 Å². The molecule has 2 N–H and O–H groups in total. The van der Waals surface area contributed by atoms with Crippen LogP contribution in [0.5, 0.6) is 0 Å². The van der Waals surface area contributed by atoms with Gasteiger partial charge in [0.15, 0.2) is 0 Å². The molecule has 0 bridgehead atoms. The van der Waals surface area contributed by atoms with Gasteiger partial charge >= 0.3 is 5.97 Å². The molecule has 2 rings (SSSR count). The summed E-state index contributed by atoms with van der Waals surface area (Å²) in [4.78, 5) is 11.7. The Morgan fingerprint density at radius 2 is 1.95 bits per heavy atom. The number of H-pyrrole nitrogens is 1. The summed E-state index contributed by atoms with van der Waals surface area (Å²) in [5.41, 5.74) is 0.701. The molecule has 0 fully saturated rings. The van der Waals surface area contributed by atoms with Crippen LogP contribution in [0.4, 0.5) is 5.69 Å². The molecule has 0 spiro atoms. The van der Waals surface area contributed by atoms with Gasteiger partial charge in [-0.1, -0.05) is 0 Å². The van der Waals surface area contributed by atoms with Crippen molar-refractivity contribution in [3.05, 3.63) is 42.2 Å². The number of anilines is 1. The number of nitrogens with one attached hydrogen (secondary N) is 2. The lowest BCUT2D eigenvalue weighted by Crippen LogP contribution is -2.13. The number of sulfonamides is 1. The van der Waals surface area contributed by atoms with E-state index in [2.05, 4.69) is 14.9 Å². The van der Waals surface area contributed by atoms with E-state index >= 15 is 0 Å². The Labute approximate surface area is 122 Å². The molecule has 0 radical (unpaired) electrons. The molecule has 8 heteroatoms. The Balaban J connectivity index is 2.11. The Morgan fingerprint density at radius 3 is 2.48 bits per heavy atom. The fourth-order valence-corrected chi connectivity index (χ4v) is 2.52. The Morgan fingerprint density at radius 1 is 1.29 bits per heavy atom. The van der Waals surface area contributed by atoms with Gasteiger partial charge in [0, 0.05) is 11.9 Å². The largest absolute Gasteiger partial charge is 0.459 e. The normalized spacial score (nSPS) is 11.4. The van der Waals surface area contributed by atoms with Crippen molar-refractivity contribution < 1.29 is 17.9 Å². The molecule has 0 aliphatic heterocycles. The van der Waals surface area contributed by atoms with Gasteiger partial charge in [0.1, 0.15) is 4.90 Å². The summed E-state index contributed by atoms with van der Waals surface area (Å²) in [7, 11) is -3.68. The van der Waals surface area contributed by atoms with E-state index in [4.69, 9.17) is 4.74 Å². The van der Waals surface area contributed by atoms with Crippen LogP contribution < -0.4 is 4.72 Å². The van der Waals surface area contributed by atoms with Crippen LogP contribution in [-0.4, -0.2) is 30.7 Å². The van der Waals surface area contributed by atoms with E-state index in [9.17, 15) is 13.2 Å². The predicted molar refractivity (Wildman–Crippen MR) is 76.4 cm³/mol. The number of carbonyl (C=O) groups excluding carboxylic acids is 1. The molecule has 7 nitrogen and oxygen atoms in total. The molecule has 0 amide bonds. The highest BCUT2D eigenvalue weighted by Gasteiger charge is 2.15. The van der Waals surface area contributed by atoms with Crippen LogP contribution in [0.2, 0.25) is 0 Å². The molecular formula is C13H15N3O4S. The third-order valence-electron chi connectivity index (χ3n) is 2.50. The Hall–Kier alpha value is -2.35. The standard InChI is InChI=1S/C13H15N3O4S/c1-9(2)20-13(17)10-3-5-11(6-4-10)16-21(18,19)12-7-14-15-8-12/h3-9,16H,1-2H3,(H,14,15). The van der Waals surface area contributed by atoms with Crippen LogP contribution in [0.25, 0.3) is 0 Å². The average Bonchev–Trinajstić information content (AvgIpc) is 2.93. The third-order valence-corrected chi connectivity index (χ3v) is 3.85. The van der Waals surface area contributed by atoms with Crippen molar-refractivity contribution in [3.8, 4) is 0 Å². The number of hydrogen-bond acceptors (Lipinski definition) is 5. The number of esters is 1. The summed E-state index contributed by atoms with van der Waals surface area (Å²) < 4.78 is 31.4. The third kappa shape index (κ3) is 3.82. The quantitative estimate of drug-likeness (QED) is 0.820. The summed E-state index contributed by atoms with van der Waals surface area (Å²) >= 11 is 0. The van der Waals surface area contributed by atoms with Crippen molar-refractivity contribution >= 4 is 21.7 Å². The van der Waals surface area contributed by atoms with Gasteiger partial charge < -0.3 is 4.74 Å². The minimum Gasteiger partial charge on any atom is -0.459 e. The van der Waals surface area contributed by atoms with E-state index in [1.54, 1.807) is 13.8 Å². The van der Waals surface area contributed by atoms with Crippen LogP contribution in [0.3, 0.4) is 0 Å². The molecule has 0 saturated heterocycles. The van der Waals surface area contributed by atoms with Crippen LogP contribution in [0, 0.1) is 0 Å². The Bertz CT molecular complexity index is 706. The van der Waals surface area contributed by atoms with Crippen molar-refractivity contribution in [2.75, 3.05) is 4.72 Å². The topological polar surface area (TPSA) is 101 Å². The minimum atomic E-state index is -3.68. The van der Waals surface area contributed by atoms with E-state index in [0.29, 0.717) is 11.3 Å². The van der Waals surface area contributed by atoms with Crippen molar-refractivity contribution in [1.82, 2.24) is 10.2 Å². The van der Waals surface area contributed by atoms with Gasteiger partial charge in [-0.15, -0.1) is 0 Å².